The van der Waals surface area contributed by atoms with Gasteiger partial charge in [0.25, 0.3) is 5.91 Å². The number of carbonyl (C=O) groups excluding carboxylic acids is 2. The summed E-state index contributed by atoms with van der Waals surface area (Å²) in [7, 11) is 0. The molecule has 1 heterocycles. The van der Waals surface area contributed by atoms with E-state index in [-0.39, 0.29) is 18.9 Å². The molecule has 0 spiro atoms. The molecule has 0 saturated heterocycles. The van der Waals surface area contributed by atoms with Gasteiger partial charge in [-0.2, -0.15) is 0 Å². The molecule has 1 aliphatic rings. The SMILES string of the molecule is Cc1cccc(C)c1NC(=O)COC(=O)Cc1ccc2c(c1)OCCO2. The maximum absolute atomic E-state index is 12.0. The van der Waals surface area contributed by atoms with Crippen LogP contribution in [-0.4, -0.2) is 31.7 Å². The number of ether oxygens (including phenoxy) is 3. The lowest BCUT2D eigenvalue weighted by Crippen LogP contribution is -2.22. The first kappa shape index (κ1) is 17.8. The third kappa shape index (κ3) is 4.33. The minimum Gasteiger partial charge on any atom is -0.486 e. The summed E-state index contributed by atoms with van der Waals surface area (Å²) >= 11 is 0. The molecule has 1 N–H and O–H groups in total. The van der Waals surface area contributed by atoms with Crippen LogP contribution in [0.15, 0.2) is 36.4 Å². The monoisotopic (exact) mass is 355 g/mol. The molecule has 0 radical (unpaired) electrons. The number of para-hydroxylation sites is 1. The van der Waals surface area contributed by atoms with E-state index in [2.05, 4.69) is 5.32 Å². The summed E-state index contributed by atoms with van der Waals surface area (Å²) in [5.41, 5.74) is 3.41. The second-order valence-corrected chi connectivity index (χ2v) is 6.13. The Labute approximate surface area is 152 Å². The summed E-state index contributed by atoms with van der Waals surface area (Å²) in [5.74, 6) is 0.451. The van der Waals surface area contributed by atoms with Crippen LogP contribution in [0.4, 0.5) is 5.69 Å². The summed E-state index contributed by atoms with van der Waals surface area (Å²) in [6, 6.07) is 11.1. The van der Waals surface area contributed by atoms with Gasteiger partial charge in [-0.25, -0.2) is 0 Å². The van der Waals surface area contributed by atoms with E-state index in [1.807, 2.05) is 32.0 Å². The van der Waals surface area contributed by atoms with Crippen molar-refractivity contribution in [1.29, 1.82) is 0 Å². The quantitative estimate of drug-likeness (QED) is 0.835. The molecule has 1 aliphatic heterocycles. The molecular formula is C20H21NO5. The van der Waals surface area contributed by atoms with Crippen LogP contribution in [-0.2, 0) is 20.7 Å². The molecule has 0 unspecified atom stereocenters. The molecule has 1 amide bonds. The van der Waals surface area contributed by atoms with Crippen LogP contribution in [0.2, 0.25) is 0 Å². The van der Waals surface area contributed by atoms with Crippen LogP contribution < -0.4 is 14.8 Å². The smallest absolute Gasteiger partial charge is 0.310 e. The number of benzene rings is 2. The first-order valence-corrected chi connectivity index (χ1v) is 8.43. The lowest BCUT2D eigenvalue weighted by Gasteiger charge is -2.18. The van der Waals surface area contributed by atoms with Gasteiger partial charge in [-0.05, 0) is 42.7 Å². The minimum atomic E-state index is -0.474. The van der Waals surface area contributed by atoms with Crippen molar-refractivity contribution >= 4 is 17.6 Å². The molecule has 0 saturated carbocycles. The third-order valence-electron chi connectivity index (χ3n) is 4.06. The van der Waals surface area contributed by atoms with Gasteiger partial charge in [0, 0.05) is 5.69 Å². The van der Waals surface area contributed by atoms with Crippen LogP contribution in [0.25, 0.3) is 0 Å². The molecule has 2 aromatic carbocycles. The average molecular weight is 355 g/mol. The van der Waals surface area contributed by atoms with Gasteiger partial charge in [0.2, 0.25) is 0 Å². The molecule has 6 nitrogen and oxygen atoms in total. The highest BCUT2D eigenvalue weighted by Gasteiger charge is 2.15. The number of anilines is 1. The van der Waals surface area contributed by atoms with E-state index in [1.165, 1.54) is 0 Å². The summed E-state index contributed by atoms with van der Waals surface area (Å²) in [6.07, 6.45) is 0.0628. The second-order valence-electron chi connectivity index (χ2n) is 6.13. The topological polar surface area (TPSA) is 73.9 Å². The first-order valence-electron chi connectivity index (χ1n) is 8.43. The van der Waals surface area contributed by atoms with Gasteiger partial charge < -0.3 is 19.5 Å². The molecule has 136 valence electrons. The second kappa shape index (κ2) is 7.91. The van der Waals surface area contributed by atoms with Gasteiger partial charge in [0.1, 0.15) is 13.2 Å². The molecule has 0 fully saturated rings. The van der Waals surface area contributed by atoms with E-state index in [0.29, 0.717) is 24.7 Å². The normalized spacial score (nSPS) is 12.4. The molecule has 0 atom stereocenters. The fourth-order valence-corrected chi connectivity index (χ4v) is 2.75. The molecule has 0 aromatic heterocycles. The Bertz CT molecular complexity index is 811. The van der Waals surface area contributed by atoms with E-state index in [9.17, 15) is 9.59 Å². The third-order valence-corrected chi connectivity index (χ3v) is 4.06. The summed E-state index contributed by atoms with van der Waals surface area (Å²) in [5, 5.41) is 2.79. The zero-order valence-electron chi connectivity index (χ0n) is 14.8. The van der Waals surface area contributed by atoms with Crippen LogP contribution >= 0.6 is 0 Å². The highest BCUT2D eigenvalue weighted by molar-refractivity contribution is 5.94. The number of carbonyl (C=O) groups is 2. The fraction of sp³-hybridized carbons (Fsp3) is 0.300. The van der Waals surface area contributed by atoms with E-state index in [1.54, 1.807) is 18.2 Å². The molecule has 0 aliphatic carbocycles. The Morgan fingerprint density at radius 3 is 2.46 bits per heavy atom. The number of amides is 1. The maximum atomic E-state index is 12.0. The number of esters is 1. The molecule has 0 bridgehead atoms. The van der Waals surface area contributed by atoms with Crippen molar-refractivity contribution < 1.29 is 23.8 Å². The number of rotatable bonds is 5. The van der Waals surface area contributed by atoms with Crippen LogP contribution in [0.5, 0.6) is 11.5 Å². The lowest BCUT2D eigenvalue weighted by molar-refractivity contribution is -0.146. The summed E-state index contributed by atoms with van der Waals surface area (Å²) in [4.78, 5) is 24.0. The van der Waals surface area contributed by atoms with Crippen molar-refractivity contribution in [2.24, 2.45) is 0 Å². The molecule has 6 heteroatoms. The highest BCUT2D eigenvalue weighted by atomic mass is 16.6. The van der Waals surface area contributed by atoms with Gasteiger partial charge in [0.15, 0.2) is 18.1 Å². The van der Waals surface area contributed by atoms with Crippen LogP contribution in [0, 0.1) is 13.8 Å². The van der Waals surface area contributed by atoms with Crippen LogP contribution in [0.3, 0.4) is 0 Å². The van der Waals surface area contributed by atoms with E-state index < -0.39 is 5.97 Å². The Morgan fingerprint density at radius 1 is 1.04 bits per heavy atom. The molecule has 3 rings (SSSR count). The van der Waals surface area contributed by atoms with Gasteiger partial charge in [-0.1, -0.05) is 24.3 Å². The van der Waals surface area contributed by atoms with E-state index in [4.69, 9.17) is 14.2 Å². The van der Waals surface area contributed by atoms with Gasteiger partial charge in [0.05, 0.1) is 6.42 Å². The fourth-order valence-electron chi connectivity index (χ4n) is 2.75. The van der Waals surface area contributed by atoms with Gasteiger partial charge >= 0.3 is 5.97 Å². The van der Waals surface area contributed by atoms with Crippen molar-refractivity contribution in [2.75, 3.05) is 25.1 Å². The van der Waals surface area contributed by atoms with Crippen molar-refractivity contribution in [2.45, 2.75) is 20.3 Å². The summed E-state index contributed by atoms with van der Waals surface area (Å²) < 4.78 is 16.0. The maximum Gasteiger partial charge on any atom is 0.310 e. The van der Waals surface area contributed by atoms with Crippen molar-refractivity contribution in [3.05, 3.63) is 53.1 Å². The molecule has 2 aromatic rings. The number of hydrogen-bond donors (Lipinski definition) is 1. The Balaban J connectivity index is 1.51. The zero-order chi connectivity index (χ0) is 18.5. The summed E-state index contributed by atoms with van der Waals surface area (Å²) in [6.45, 7) is 4.51. The van der Waals surface area contributed by atoms with E-state index in [0.717, 1.165) is 22.4 Å². The standard InChI is InChI=1S/C20H21NO5/c1-13-4-3-5-14(2)20(13)21-18(22)12-26-19(23)11-15-6-7-16-17(10-15)25-9-8-24-16/h3-7,10H,8-9,11-12H2,1-2H3,(H,21,22). The zero-order valence-corrected chi connectivity index (χ0v) is 14.8. The van der Waals surface area contributed by atoms with Gasteiger partial charge in [-0.15, -0.1) is 0 Å². The number of aryl methyl sites for hydroxylation is 2. The number of nitrogens with one attached hydrogen (secondary N) is 1. The van der Waals surface area contributed by atoms with Crippen molar-refractivity contribution in [3.63, 3.8) is 0 Å². The largest absolute Gasteiger partial charge is 0.486 e. The Kier molecular flexibility index (Phi) is 5.41. The predicted molar refractivity (Wildman–Crippen MR) is 96.6 cm³/mol. The Morgan fingerprint density at radius 2 is 1.73 bits per heavy atom. The van der Waals surface area contributed by atoms with E-state index >= 15 is 0 Å². The van der Waals surface area contributed by atoms with Crippen LogP contribution in [0.1, 0.15) is 16.7 Å². The number of fused-ring (bicyclic) bond motifs is 1. The Hall–Kier alpha value is -3.02. The minimum absolute atomic E-state index is 0.0628. The molecule has 26 heavy (non-hydrogen) atoms. The highest BCUT2D eigenvalue weighted by Crippen LogP contribution is 2.30. The lowest BCUT2D eigenvalue weighted by atomic mass is 10.1. The predicted octanol–water partition coefficient (Wildman–Crippen LogP) is 2.80. The van der Waals surface area contributed by atoms with Crippen molar-refractivity contribution in [1.82, 2.24) is 0 Å². The number of hydrogen-bond acceptors (Lipinski definition) is 5. The average Bonchev–Trinajstić information content (AvgIpc) is 2.63. The van der Waals surface area contributed by atoms with Crippen molar-refractivity contribution in [3.8, 4) is 11.5 Å². The first-order chi connectivity index (χ1) is 12.5. The van der Waals surface area contributed by atoms with Gasteiger partial charge in [-0.3, -0.25) is 9.59 Å². The molecular weight excluding hydrogens is 334 g/mol.